The minimum atomic E-state index is -0.308. The molecule has 3 nitrogen and oxygen atoms in total. The van der Waals surface area contributed by atoms with Crippen LogP contribution in [0.1, 0.15) is 43.2 Å². The lowest BCUT2D eigenvalue weighted by Gasteiger charge is -2.31. The average Bonchev–Trinajstić information content (AvgIpc) is 2.69. The third-order valence-electron chi connectivity index (χ3n) is 4.97. The number of hydrogen-bond acceptors (Lipinski definition) is 2. The summed E-state index contributed by atoms with van der Waals surface area (Å²) in [6.07, 6.45) is 9.67. The summed E-state index contributed by atoms with van der Waals surface area (Å²) in [6, 6.07) is 20.3. The minimum Gasteiger partial charge on any atom is -0.445 e. The lowest BCUT2D eigenvalue weighted by molar-refractivity contribution is 0.127. The first kappa shape index (κ1) is 18.2. The van der Waals surface area contributed by atoms with Crippen LogP contribution in [0.4, 0.5) is 4.79 Å². The second-order valence-corrected chi connectivity index (χ2v) is 6.91. The van der Waals surface area contributed by atoms with E-state index in [4.69, 9.17) is 4.74 Å². The van der Waals surface area contributed by atoms with Crippen molar-refractivity contribution in [2.75, 3.05) is 0 Å². The van der Waals surface area contributed by atoms with Crippen LogP contribution >= 0.6 is 0 Å². The summed E-state index contributed by atoms with van der Waals surface area (Å²) in [5, 5.41) is 3.09. The third-order valence-corrected chi connectivity index (χ3v) is 4.97. The fourth-order valence-corrected chi connectivity index (χ4v) is 3.54. The molecule has 3 heteroatoms. The van der Waals surface area contributed by atoms with Crippen LogP contribution in [0.25, 0.3) is 6.08 Å². The SMILES string of the molecule is O=C(N[C@@H]1CCCC[C@@H]1C/C=C/c1ccccc1)OCc1ccccc1. The molecule has 1 aliphatic carbocycles. The Bertz CT molecular complexity index is 697. The Labute approximate surface area is 156 Å². The Balaban J connectivity index is 1.48. The van der Waals surface area contributed by atoms with Gasteiger partial charge >= 0.3 is 6.09 Å². The smallest absolute Gasteiger partial charge is 0.407 e. The predicted molar refractivity (Wildman–Crippen MR) is 106 cm³/mol. The molecule has 136 valence electrons. The number of carbonyl (C=O) groups excluding carboxylic acids is 1. The molecule has 0 heterocycles. The van der Waals surface area contributed by atoms with Crippen LogP contribution in [-0.4, -0.2) is 12.1 Å². The van der Waals surface area contributed by atoms with E-state index in [1.807, 2.05) is 48.5 Å². The van der Waals surface area contributed by atoms with Gasteiger partial charge in [-0.1, -0.05) is 85.7 Å². The van der Waals surface area contributed by atoms with Crippen molar-refractivity contribution in [1.29, 1.82) is 0 Å². The second kappa shape index (κ2) is 9.81. The monoisotopic (exact) mass is 349 g/mol. The van der Waals surface area contributed by atoms with Crippen LogP contribution in [0.3, 0.4) is 0 Å². The average molecular weight is 349 g/mol. The van der Waals surface area contributed by atoms with Crippen molar-refractivity contribution < 1.29 is 9.53 Å². The fraction of sp³-hybridized carbons (Fsp3) is 0.348. The van der Waals surface area contributed by atoms with Crippen LogP contribution in [0, 0.1) is 5.92 Å². The summed E-state index contributed by atoms with van der Waals surface area (Å²) < 4.78 is 5.38. The van der Waals surface area contributed by atoms with Gasteiger partial charge in [-0.25, -0.2) is 4.79 Å². The molecule has 0 aliphatic heterocycles. The lowest BCUT2D eigenvalue weighted by Crippen LogP contribution is -2.42. The largest absolute Gasteiger partial charge is 0.445 e. The highest BCUT2D eigenvalue weighted by Gasteiger charge is 2.26. The first-order valence-corrected chi connectivity index (χ1v) is 9.50. The van der Waals surface area contributed by atoms with Crippen molar-refractivity contribution in [3.05, 3.63) is 77.9 Å². The van der Waals surface area contributed by atoms with Gasteiger partial charge in [-0.2, -0.15) is 0 Å². The van der Waals surface area contributed by atoms with Crippen molar-refractivity contribution in [1.82, 2.24) is 5.32 Å². The van der Waals surface area contributed by atoms with Crippen LogP contribution in [0.15, 0.2) is 66.7 Å². The molecule has 0 bridgehead atoms. The van der Waals surface area contributed by atoms with Crippen molar-refractivity contribution in [3.63, 3.8) is 0 Å². The molecule has 1 aliphatic rings. The van der Waals surface area contributed by atoms with Crippen LogP contribution < -0.4 is 5.32 Å². The number of alkyl carbamates (subject to hydrolysis) is 1. The number of ether oxygens (including phenoxy) is 1. The zero-order chi connectivity index (χ0) is 18.0. The highest BCUT2D eigenvalue weighted by Crippen LogP contribution is 2.28. The second-order valence-electron chi connectivity index (χ2n) is 6.91. The molecule has 2 aromatic carbocycles. The molecule has 0 unspecified atom stereocenters. The van der Waals surface area contributed by atoms with Crippen molar-refractivity contribution in [2.24, 2.45) is 5.92 Å². The van der Waals surface area contributed by atoms with E-state index in [0.717, 1.165) is 24.8 Å². The van der Waals surface area contributed by atoms with Crippen molar-refractivity contribution >= 4 is 12.2 Å². The fourth-order valence-electron chi connectivity index (χ4n) is 3.54. The Hall–Kier alpha value is -2.55. The van der Waals surface area contributed by atoms with Gasteiger partial charge in [0.05, 0.1) is 0 Å². The number of allylic oxidation sites excluding steroid dienone is 1. The summed E-state index contributed by atoms with van der Waals surface area (Å²) in [5.74, 6) is 0.480. The molecule has 1 fully saturated rings. The molecule has 1 amide bonds. The van der Waals surface area contributed by atoms with E-state index in [1.54, 1.807) is 0 Å². The minimum absolute atomic E-state index is 0.201. The predicted octanol–water partition coefficient (Wildman–Crippen LogP) is 5.58. The molecule has 1 N–H and O–H groups in total. The molecule has 2 atom stereocenters. The van der Waals surface area contributed by atoms with E-state index in [-0.39, 0.29) is 12.1 Å². The van der Waals surface area contributed by atoms with Gasteiger partial charge in [0, 0.05) is 6.04 Å². The van der Waals surface area contributed by atoms with E-state index < -0.39 is 0 Å². The molecule has 0 saturated heterocycles. The molecule has 0 radical (unpaired) electrons. The van der Waals surface area contributed by atoms with Crippen molar-refractivity contribution in [3.8, 4) is 0 Å². The zero-order valence-electron chi connectivity index (χ0n) is 15.1. The van der Waals surface area contributed by atoms with E-state index in [1.165, 1.54) is 18.4 Å². The summed E-state index contributed by atoms with van der Waals surface area (Å²) in [7, 11) is 0. The van der Waals surface area contributed by atoms with Gasteiger partial charge in [0.25, 0.3) is 0 Å². The number of benzene rings is 2. The van der Waals surface area contributed by atoms with Crippen molar-refractivity contribution in [2.45, 2.75) is 44.8 Å². The Morgan fingerprint density at radius 2 is 1.69 bits per heavy atom. The highest BCUT2D eigenvalue weighted by atomic mass is 16.5. The van der Waals surface area contributed by atoms with Crippen LogP contribution in [-0.2, 0) is 11.3 Å². The van der Waals surface area contributed by atoms with Gasteiger partial charge in [0.1, 0.15) is 6.61 Å². The Morgan fingerprint density at radius 3 is 2.46 bits per heavy atom. The van der Waals surface area contributed by atoms with Gasteiger partial charge in [0.2, 0.25) is 0 Å². The van der Waals surface area contributed by atoms with E-state index in [2.05, 4.69) is 29.6 Å². The Kier molecular flexibility index (Phi) is 6.88. The lowest BCUT2D eigenvalue weighted by atomic mass is 9.82. The molecule has 2 aromatic rings. The Morgan fingerprint density at radius 1 is 1.00 bits per heavy atom. The molecule has 1 saturated carbocycles. The first-order valence-electron chi connectivity index (χ1n) is 9.50. The van der Waals surface area contributed by atoms with Gasteiger partial charge in [0.15, 0.2) is 0 Å². The van der Waals surface area contributed by atoms with E-state index in [9.17, 15) is 4.79 Å². The maximum Gasteiger partial charge on any atom is 0.407 e. The molecule has 3 rings (SSSR count). The number of nitrogens with one attached hydrogen (secondary N) is 1. The molecule has 0 aromatic heterocycles. The normalized spacial score (nSPS) is 20.0. The van der Waals surface area contributed by atoms with Gasteiger partial charge in [-0.3, -0.25) is 0 Å². The number of carbonyl (C=O) groups is 1. The first-order chi connectivity index (χ1) is 12.8. The molecular formula is C23H27NO2. The highest BCUT2D eigenvalue weighted by molar-refractivity contribution is 5.67. The van der Waals surface area contributed by atoms with Crippen LogP contribution in [0.2, 0.25) is 0 Å². The maximum atomic E-state index is 12.2. The molecule has 0 spiro atoms. The number of hydrogen-bond donors (Lipinski definition) is 1. The third kappa shape index (κ3) is 5.76. The summed E-state index contributed by atoms with van der Waals surface area (Å²) in [4.78, 5) is 12.2. The number of amides is 1. The van der Waals surface area contributed by atoms with Gasteiger partial charge in [-0.05, 0) is 36.3 Å². The van der Waals surface area contributed by atoms with Gasteiger partial charge in [-0.15, -0.1) is 0 Å². The van der Waals surface area contributed by atoms with E-state index in [0.29, 0.717) is 12.5 Å². The maximum absolute atomic E-state index is 12.2. The van der Waals surface area contributed by atoms with Crippen LogP contribution in [0.5, 0.6) is 0 Å². The summed E-state index contributed by atoms with van der Waals surface area (Å²) in [6.45, 7) is 0.317. The summed E-state index contributed by atoms with van der Waals surface area (Å²) >= 11 is 0. The standard InChI is InChI=1S/C23H27NO2/c25-23(26-18-20-12-5-2-6-13-20)24-22-17-8-7-15-21(22)16-9-14-19-10-3-1-4-11-19/h1-6,9-14,21-22H,7-8,15-18H2,(H,24,25)/b14-9+/t21-,22-/m1/s1. The van der Waals surface area contributed by atoms with Gasteiger partial charge < -0.3 is 10.1 Å². The summed E-state index contributed by atoms with van der Waals surface area (Å²) in [5.41, 5.74) is 2.23. The molecular weight excluding hydrogens is 322 g/mol. The van der Waals surface area contributed by atoms with E-state index >= 15 is 0 Å². The quantitative estimate of drug-likeness (QED) is 0.740. The number of rotatable bonds is 6. The zero-order valence-corrected chi connectivity index (χ0v) is 15.1. The topological polar surface area (TPSA) is 38.3 Å². The molecule has 26 heavy (non-hydrogen) atoms.